The van der Waals surface area contributed by atoms with Gasteiger partial charge in [-0.05, 0) is 37.9 Å². The first-order chi connectivity index (χ1) is 12.6. The lowest BCUT2D eigenvalue weighted by Gasteiger charge is -2.32. The molecule has 4 rings (SSSR count). The third-order valence-corrected chi connectivity index (χ3v) is 6.91. The largest absolute Gasteiger partial charge is 0.340 e. The number of fused-ring (bicyclic) bond motifs is 1. The van der Waals surface area contributed by atoms with Crippen LogP contribution in [0, 0.1) is 6.92 Å². The van der Waals surface area contributed by atoms with Crippen LogP contribution in [0.4, 0.5) is 0 Å². The van der Waals surface area contributed by atoms with Crippen LogP contribution in [0.1, 0.15) is 24.1 Å². The van der Waals surface area contributed by atoms with E-state index in [4.69, 9.17) is 16.6 Å². The van der Waals surface area contributed by atoms with Crippen LogP contribution in [-0.4, -0.2) is 57.9 Å². The summed E-state index contributed by atoms with van der Waals surface area (Å²) in [5.41, 5.74) is 2.93. The number of aromatic nitrogens is 1. The smallest absolute Gasteiger partial charge is 0.239 e. The number of aryl methyl sites for hydroxylation is 1. The van der Waals surface area contributed by atoms with Crippen molar-refractivity contribution in [2.75, 3.05) is 31.1 Å². The minimum absolute atomic E-state index is 0.0252. The molecule has 2 aliphatic rings. The molecule has 0 radical (unpaired) electrons. The highest BCUT2D eigenvalue weighted by Crippen LogP contribution is 2.30. The molecular formula is C20H24ClN3OS. The van der Waals surface area contributed by atoms with Crippen LogP contribution >= 0.6 is 23.4 Å². The standard InChI is InChI=1S/C20H24ClN3OS/c1-14-15-5-2-3-6-16(15)22-17(19(14)21)13-24-8-4-7-18(24)20(25)23-9-11-26-12-10-23/h2-3,5-6,18H,4,7-13H2,1H3. The lowest BCUT2D eigenvalue weighted by Crippen LogP contribution is -2.48. The molecule has 2 fully saturated rings. The van der Waals surface area contributed by atoms with Gasteiger partial charge >= 0.3 is 0 Å². The molecule has 0 saturated carbocycles. The van der Waals surface area contributed by atoms with E-state index in [1.165, 1.54) is 0 Å². The zero-order valence-electron chi connectivity index (χ0n) is 15.1. The van der Waals surface area contributed by atoms with E-state index in [0.717, 1.165) is 71.2 Å². The lowest BCUT2D eigenvalue weighted by atomic mass is 10.1. The van der Waals surface area contributed by atoms with E-state index in [-0.39, 0.29) is 11.9 Å². The summed E-state index contributed by atoms with van der Waals surface area (Å²) in [5.74, 6) is 2.39. The molecule has 1 amide bonds. The molecule has 0 N–H and O–H groups in total. The number of amides is 1. The molecule has 2 aliphatic heterocycles. The van der Waals surface area contributed by atoms with E-state index >= 15 is 0 Å². The third kappa shape index (κ3) is 3.45. The summed E-state index contributed by atoms with van der Waals surface area (Å²) in [7, 11) is 0. The second-order valence-corrected chi connectivity index (χ2v) is 8.68. The first-order valence-electron chi connectivity index (χ1n) is 9.29. The van der Waals surface area contributed by atoms with E-state index in [9.17, 15) is 4.79 Å². The molecule has 3 heterocycles. The van der Waals surface area contributed by atoms with Crippen LogP contribution in [0.3, 0.4) is 0 Å². The number of thioether (sulfide) groups is 1. The fourth-order valence-electron chi connectivity index (χ4n) is 4.00. The van der Waals surface area contributed by atoms with Gasteiger partial charge in [-0.25, -0.2) is 4.98 Å². The monoisotopic (exact) mass is 389 g/mol. The van der Waals surface area contributed by atoms with Crippen molar-refractivity contribution >= 4 is 40.2 Å². The maximum atomic E-state index is 13.0. The highest BCUT2D eigenvalue weighted by Gasteiger charge is 2.34. The molecule has 6 heteroatoms. The highest BCUT2D eigenvalue weighted by molar-refractivity contribution is 7.99. The second-order valence-electron chi connectivity index (χ2n) is 7.08. The molecule has 0 aliphatic carbocycles. The fraction of sp³-hybridized carbons (Fsp3) is 0.500. The van der Waals surface area contributed by atoms with Gasteiger partial charge in [0.05, 0.1) is 22.3 Å². The van der Waals surface area contributed by atoms with Crippen LogP contribution in [-0.2, 0) is 11.3 Å². The van der Waals surface area contributed by atoms with Gasteiger partial charge in [-0.2, -0.15) is 11.8 Å². The topological polar surface area (TPSA) is 36.4 Å². The number of benzene rings is 1. The molecule has 2 aromatic rings. The van der Waals surface area contributed by atoms with Crippen molar-refractivity contribution in [2.24, 2.45) is 0 Å². The van der Waals surface area contributed by atoms with Crippen molar-refractivity contribution in [3.8, 4) is 0 Å². The average Bonchev–Trinajstić information content (AvgIpc) is 3.14. The number of likely N-dealkylation sites (tertiary alicyclic amines) is 1. The van der Waals surface area contributed by atoms with Gasteiger partial charge in [0.1, 0.15) is 0 Å². The van der Waals surface area contributed by atoms with Gasteiger partial charge in [0.2, 0.25) is 5.91 Å². The molecule has 0 bridgehead atoms. The van der Waals surface area contributed by atoms with E-state index in [2.05, 4.69) is 11.0 Å². The van der Waals surface area contributed by atoms with Crippen molar-refractivity contribution < 1.29 is 4.79 Å². The molecule has 1 aromatic carbocycles. The van der Waals surface area contributed by atoms with Crippen molar-refractivity contribution in [3.63, 3.8) is 0 Å². The molecule has 1 aromatic heterocycles. The highest BCUT2D eigenvalue weighted by atomic mass is 35.5. The van der Waals surface area contributed by atoms with E-state index in [1.54, 1.807) is 0 Å². The van der Waals surface area contributed by atoms with Gasteiger partial charge in [0.15, 0.2) is 0 Å². The summed E-state index contributed by atoms with van der Waals surface area (Å²) in [4.78, 5) is 22.1. The second kappa shape index (κ2) is 7.75. The zero-order chi connectivity index (χ0) is 18.1. The Labute approximate surface area is 163 Å². The number of carbonyl (C=O) groups is 1. The SMILES string of the molecule is Cc1c(Cl)c(CN2CCCC2C(=O)N2CCSCC2)nc2ccccc12. The van der Waals surface area contributed by atoms with Crippen LogP contribution in [0.25, 0.3) is 10.9 Å². The van der Waals surface area contributed by atoms with Crippen molar-refractivity contribution in [1.29, 1.82) is 0 Å². The Hall–Kier alpha value is -1.30. The first kappa shape index (κ1) is 18.1. The molecule has 1 unspecified atom stereocenters. The van der Waals surface area contributed by atoms with Crippen LogP contribution in [0.2, 0.25) is 5.02 Å². The van der Waals surface area contributed by atoms with Crippen LogP contribution in [0.5, 0.6) is 0 Å². The van der Waals surface area contributed by atoms with E-state index in [0.29, 0.717) is 6.54 Å². The number of pyridine rings is 1. The summed E-state index contributed by atoms with van der Waals surface area (Å²) in [6.07, 6.45) is 2.00. The van der Waals surface area contributed by atoms with Gasteiger partial charge in [0, 0.05) is 36.5 Å². The Morgan fingerprint density at radius 1 is 1.27 bits per heavy atom. The zero-order valence-corrected chi connectivity index (χ0v) is 16.7. The summed E-state index contributed by atoms with van der Waals surface area (Å²) in [6.45, 7) is 5.38. The summed E-state index contributed by atoms with van der Waals surface area (Å²) >= 11 is 8.57. The molecular weight excluding hydrogens is 366 g/mol. The first-order valence-corrected chi connectivity index (χ1v) is 10.8. The Kier molecular flexibility index (Phi) is 5.39. The Bertz CT molecular complexity index is 822. The summed E-state index contributed by atoms with van der Waals surface area (Å²) in [5, 5.41) is 1.83. The number of rotatable bonds is 3. The average molecular weight is 390 g/mol. The minimum atomic E-state index is -0.0252. The quantitative estimate of drug-likeness (QED) is 0.801. The normalized spacial score (nSPS) is 21.5. The Morgan fingerprint density at radius 3 is 2.85 bits per heavy atom. The van der Waals surface area contributed by atoms with Crippen LogP contribution in [0.15, 0.2) is 24.3 Å². The van der Waals surface area contributed by atoms with Crippen molar-refractivity contribution in [3.05, 3.63) is 40.5 Å². The predicted molar refractivity (Wildman–Crippen MR) is 109 cm³/mol. The summed E-state index contributed by atoms with van der Waals surface area (Å²) < 4.78 is 0. The van der Waals surface area contributed by atoms with Crippen LogP contribution < -0.4 is 0 Å². The molecule has 1 atom stereocenters. The van der Waals surface area contributed by atoms with Gasteiger partial charge in [0.25, 0.3) is 0 Å². The van der Waals surface area contributed by atoms with Gasteiger partial charge in [-0.3, -0.25) is 9.69 Å². The maximum Gasteiger partial charge on any atom is 0.239 e. The van der Waals surface area contributed by atoms with Crippen molar-refractivity contribution in [2.45, 2.75) is 32.4 Å². The molecule has 2 saturated heterocycles. The summed E-state index contributed by atoms with van der Waals surface area (Å²) in [6, 6.07) is 8.08. The van der Waals surface area contributed by atoms with Gasteiger partial charge < -0.3 is 4.90 Å². The Morgan fingerprint density at radius 2 is 2.04 bits per heavy atom. The number of hydrogen-bond acceptors (Lipinski definition) is 4. The van der Waals surface area contributed by atoms with Gasteiger partial charge in [-0.15, -0.1) is 0 Å². The van der Waals surface area contributed by atoms with E-state index in [1.807, 2.05) is 41.8 Å². The number of nitrogens with zero attached hydrogens (tertiary/aromatic N) is 3. The van der Waals surface area contributed by atoms with Crippen molar-refractivity contribution in [1.82, 2.24) is 14.8 Å². The lowest BCUT2D eigenvalue weighted by molar-refractivity contribution is -0.135. The third-order valence-electron chi connectivity index (χ3n) is 5.47. The molecule has 26 heavy (non-hydrogen) atoms. The minimum Gasteiger partial charge on any atom is -0.340 e. The maximum absolute atomic E-state index is 13.0. The number of para-hydroxylation sites is 1. The Balaban J connectivity index is 1.57. The predicted octanol–water partition coefficient (Wildman–Crippen LogP) is 3.74. The number of halogens is 1. The molecule has 138 valence electrons. The molecule has 4 nitrogen and oxygen atoms in total. The number of carbonyl (C=O) groups excluding carboxylic acids is 1. The fourth-order valence-corrected chi connectivity index (χ4v) is 5.11. The number of hydrogen-bond donors (Lipinski definition) is 0. The van der Waals surface area contributed by atoms with Gasteiger partial charge in [-0.1, -0.05) is 29.8 Å². The molecule has 0 spiro atoms. The van der Waals surface area contributed by atoms with E-state index < -0.39 is 0 Å².